The van der Waals surface area contributed by atoms with E-state index in [-0.39, 0.29) is 0 Å². The fourth-order valence-electron chi connectivity index (χ4n) is 1.67. The average Bonchev–Trinajstić information content (AvgIpc) is 2.77. The zero-order valence-corrected chi connectivity index (χ0v) is 12.3. The molecule has 1 saturated heterocycles. The summed E-state index contributed by atoms with van der Waals surface area (Å²) in [6, 6.07) is 2.15. The van der Waals surface area contributed by atoms with E-state index in [1.807, 2.05) is 0 Å². The van der Waals surface area contributed by atoms with Gasteiger partial charge in [0.05, 0.1) is 13.7 Å². The molecule has 1 aliphatic rings. The van der Waals surface area contributed by atoms with Gasteiger partial charge in [-0.3, -0.25) is 0 Å². The number of halogens is 2. The van der Waals surface area contributed by atoms with Crippen molar-refractivity contribution in [2.75, 3.05) is 13.2 Å². The van der Waals surface area contributed by atoms with E-state index < -0.39 is 0 Å². The fourth-order valence-corrected chi connectivity index (χ4v) is 4.49. The van der Waals surface area contributed by atoms with Gasteiger partial charge in [-0.1, -0.05) is 0 Å². The van der Waals surface area contributed by atoms with Gasteiger partial charge in [0, 0.05) is 19.7 Å². The van der Waals surface area contributed by atoms with Gasteiger partial charge >= 0.3 is 0 Å². The van der Waals surface area contributed by atoms with Crippen molar-refractivity contribution in [1.82, 2.24) is 5.32 Å². The molecule has 0 amide bonds. The second-order valence-corrected chi connectivity index (χ2v) is 7.36. The predicted octanol–water partition coefficient (Wildman–Crippen LogP) is 3.54. The van der Waals surface area contributed by atoms with E-state index >= 15 is 0 Å². The Labute approximate surface area is 111 Å². The summed E-state index contributed by atoms with van der Waals surface area (Å²) in [6.45, 7) is 2.79. The third-order valence-electron chi connectivity index (χ3n) is 2.44. The van der Waals surface area contributed by atoms with Gasteiger partial charge < -0.3 is 10.1 Å². The minimum absolute atomic E-state index is 0.422. The highest BCUT2D eigenvalue weighted by Gasteiger charge is 2.14. The van der Waals surface area contributed by atoms with Crippen molar-refractivity contribution >= 4 is 43.2 Å². The number of ether oxygens (including phenoxy) is 1. The van der Waals surface area contributed by atoms with Gasteiger partial charge in [-0.2, -0.15) is 0 Å². The second kappa shape index (κ2) is 5.77. The molecule has 1 aliphatic heterocycles. The van der Waals surface area contributed by atoms with Gasteiger partial charge in [0.15, 0.2) is 0 Å². The van der Waals surface area contributed by atoms with E-state index in [2.05, 4.69) is 43.2 Å². The van der Waals surface area contributed by atoms with Crippen LogP contribution in [0.4, 0.5) is 0 Å². The lowest BCUT2D eigenvalue weighted by Crippen LogP contribution is -2.25. The molecule has 0 aromatic carbocycles. The van der Waals surface area contributed by atoms with Crippen LogP contribution in [0.25, 0.3) is 0 Å². The minimum atomic E-state index is 0.422. The molecule has 0 spiro atoms. The quantitative estimate of drug-likeness (QED) is 0.892. The van der Waals surface area contributed by atoms with E-state index in [4.69, 9.17) is 4.74 Å². The van der Waals surface area contributed by atoms with Crippen molar-refractivity contribution in [2.45, 2.75) is 25.5 Å². The summed E-state index contributed by atoms with van der Waals surface area (Å²) in [5.74, 6) is 0. The van der Waals surface area contributed by atoms with Crippen molar-refractivity contribution in [3.05, 3.63) is 19.2 Å². The maximum Gasteiger partial charge on any atom is 0.0755 e. The average molecular weight is 355 g/mol. The topological polar surface area (TPSA) is 21.3 Å². The Kier molecular flexibility index (Phi) is 4.64. The molecular formula is C10H13Br2NOS. The number of thiophene rings is 1. The van der Waals surface area contributed by atoms with E-state index in [0.29, 0.717) is 6.10 Å². The maximum atomic E-state index is 5.55. The van der Waals surface area contributed by atoms with Crippen molar-refractivity contribution in [2.24, 2.45) is 0 Å². The second-order valence-electron chi connectivity index (χ2n) is 3.62. The van der Waals surface area contributed by atoms with Crippen LogP contribution in [0.5, 0.6) is 0 Å². The van der Waals surface area contributed by atoms with Crippen LogP contribution in [-0.4, -0.2) is 19.3 Å². The molecule has 1 atom stereocenters. The van der Waals surface area contributed by atoms with Crippen LogP contribution in [-0.2, 0) is 11.3 Å². The number of hydrogen-bond acceptors (Lipinski definition) is 3. The Hall–Kier alpha value is 0.580. The van der Waals surface area contributed by atoms with E-state index in [0.717, 1.165) is 19.7 Å². The molecule has 2 heterocycles. The molecule has 1 aromatic rings. The van der Waals surface area contributed by atoms with Crippen LogP contribution >= 0.6 is 43.2 Å². The van der Waals surface area contributed by atoms with Gasteiger partial charge in [0.25, 0.3) is 0 Å². The highest BCUT2D eigenvalue weighted by atomic mass is 79.9. The molecule has 2 nitrogen and oxygen atoms in total. The Morgan fingerprint density at radius 2 is 2.40 bits per heavy atom. The molecule has 15 heavy (non-hydrogen) atoms. The lowest BCUT2D eigenvalue weighted by atomic mass is 10.2. The Balaban J connectivity index is 1.75. The first-order valence-corrected chi connectivity index (χ1v) is 7.42. The van der Waals surface area contributed by atoms with Crippen LogP contribution in [0.3, 0.4) is 0 Å². The summed E-state index contributed by atoms with van der Waals surface area (Å²) in [5, 5.41) is 3.43. The summed E-state index contributed by atoms with van der Waals surface area (Å²) in [5.41, 5.74) is 1.31. The number of rotatable bonds is 4. The van der Waals surface area contributed by atoms with E-state index in [1.54, 1.807) is 11.3 Å². The lowest BCUT2D eigenvalue weighted by molar-refractivity contribution is 0.110. The Bertz CT molecular complexity index is 323. The molecule has 0 radical (unpaired) electrons. The van der Waals surface area contributed by atoms with Gasteiger partial charge in [0.1, 0.15) is 0 Å². The highest BCUT2D eigenvalue weighted by Crippen LogP contribution is 2.31. The molecule has 5 heteroatoms. The summed E-state index contributed by atoms with van der Waals surface area (Å²) in [4.78, 5) is 0. The van der Waals surface area contributed by atoms with Crippen molar-refractivity contribution in [1.29, 1.82) is 0 Å². The minimum Gasteiger partial charge on any atom is -0.377 e. The van der Waals surface area contributed by atoms with Crippen molar-refractivity contribution < 1.29 is 4.74 Å². The summed E-state index contributed by atoms with van der Waals surface area (Å²) in [7, 11) is 0. The zero-order chi connectivity index (χ0) is 10.7. The molecule has 0 saturated carbocycles. The summed E-state index contributed by atoms with van der Waals surface area (Å²) >= 11 is 8.74. The molecule has 2 rings (SSSR count). The monoisotopic (exact) mass is 353 g/mol. The van der Waals surface area contributed by atoms with Gasteiger partial charge in [-0.05, 0) is 56.3 Å². The van der Waals surface area contributed by atoms with Crippen molar-refractivity contribution in [3.63, 3.8) is 0 Å². The number of hydrogen-bond donors (Lipinski definition) is 1. The maximum absolute atomic E-state index is 5.55. The SMILES string of the molecule is Brc1cc(CNCC2CCCO2)c(Br)s1. The Morgan fingerprint density at radius 1 is 1.53 bits per heavy atom. The normalized spacial score (nSPS) is 21.1. The largest absolute Gasteiger partial charge is 0.377 e. The van der Waals surface area contributed by atoms with E-state index in [9.17, 15) is 0 Å². The molecule has 1 fully saturated rings. The highest BCUT2D eigenvalue weighted by molar-refractivity contribution is 9.12. The smallest absolute Gasteiger partial charge is 0.0755 e. The van der Waals surface area contributed by atoms with Crippen LogP contribution in [0.15, 0.2) is 13.6 Å². The molecule has 84 valence electrons. The summed E-state index contributed by atoms with van der Waals surface area (Å²) < 4.78 is 7.92. The van der Waals surface area contributed by atoms with Crippen LogP contribution in [0.2, 0.25) is 0 Å². The van der Waals surface area contributed by atoms with Gasteiger partial charge in [0.2, 0.25) is 0 Å². The van der Waals surface area contributed by atoms with Crippen LogP contribution in [0.1, 0.15) is 18.4 Å². The lowest BCUT2D eigenvalue weighted by Gasteiger charge is -2.09. The molecule has 0 bridgehead atoms. The summed E-state index contributed by atoms with van der Waals surface area (Å²) in [6.07, 6.45) is 2.83. The Morgan fingerprint density at radius 3 is 3.00 bits per heavy atom. The standard InChI is InChI=1S/C10H13Br2NOS/c11-9-4-7(10(12)15-9)5-13-6-8-2-1-3-14-8/h4,8,13H,1-3,5-6H2. The third-order valence-corrected chi connectivity index (χ3v) is 4.90. The van der Waals surface area contributed by atoms with Crippen LogP contribution in [0, 0.1) is 0 Å². The van der Waals surface area contributed by atoms with E-state index in [1.165, 1.54) is 26.0 Å². The molecule has 0 aliphatic carbocycles. The molecule has 1 aromatic heterocycles. The van der Waals surface area contributed by atoms with Gasteiger partial charge in [-0.25, -0.2) is 0 Å². The van der Waals surface area contributed by atoms with Crippen molar-refractivity contribution in [3.8, 4) is 0 Å². The molecule has 1 N–H and O–H groups in total. The van der Waals surface area contributed by atoms with Crippen LogP contribution < -0.4 is 5.32 Å². The third kappa shape index (κ3) is 3.53. The molecule has 1 unspecified atom stereocenters. The first-order chi connectivity index (χ1) is 7.25. The number of nitrogens with one attached hydrogen (secondary N) is 1. The fraction of sp³-hybridized carbons (Fsp3) is 0.600. The predicted molar refractivity (Wildman–Crippen MR) is 70.4 cm³/mol. The molecular weight excluding hydrogens is 342 g/mol. The first-order valence-electron chi connectivity index (χ1n) is 5.02. The zero-order valence-electron chi connectivity index (χ0n) is 8.26. The van der Waals surface area contributed by atoms with Gasteiger partial charge in [-0.15, -0.1) is 11.3 Å². The first kappa shape index (κ1) is 12.0.